The highest BCUT2D eigenvalue weighted by Crippen LogP contribution is 2.09. The Morgan fingerprint density at radius 3 is 2.53 bits per heavy atom. The lowest BCUT2D eigenvalue weighted by molar-refractivity contribution is 1.22. The molecular weight excluding hydrogens is 232 g/mol. The third-order valence-electron chi connectivity index (χ3n) is 3.16. The average molecular weight is 256 g/mol. The van der Waals surface area contributed by atoms with Crippen molar-refractivity contribution in [3.63, 3.8) is 0 Å². The minimum Gasteiger partial charge on any atom is -0.373 e. The molecule has 1 N–H and O–H groups in total. The standard InChI is InChI=1S/C17H24N2/c1-6-9-15-12-19-17(18-5)11-16(15)10-14(8-3)13(4)7-2/h7-12,18H,6H2,1-5H3/b13-7+,14-8+,15-9+,16-10-. The third-order valence-corrected chi connectivity index (χ3v) is 3.16. The van der Waals surface area contributed by atoms with E-state index in [1.807, 2.05) is 13.2 Å². The first kappa shape index (κ1) is 15.2. The first-order chi connectivity index (χ1) is 9.15. The van der Waals surface area contributed by atoms with E-state index in [0.717, 1.165) is 12.2 Å². The number of pyridine rings is 1. The van der Waals surface area contributed by atoms with Crippen molar-refractivity contribution in [1.82, 2.24) is 4.98 Å². The molecule has 0 aliphatic heterocycles. The quantitative estimate of drug-likeness (QED) is 0.838. The number of nitrogens with zero attached hydrogens (tertiary/aromatic N) is 1. The van der Waals surface area contributed by atoms with E-state index in [1.165, 1.54) is 21.6 Å². The molecule has 0 unspecified atom stereocenters. The van der Waals surface area contributed by atoms with Crippen molar-refractivity contribution in [1.29, 1.82) is 0 Å². The Hall–Kier alpha value is -1.83. The van der Waals surface area contributed by atoms with Gasteiger partial charge in [0.05, 0.1) is 0 Å². The molecule has 0 saturated heterocycles. The maximum Gasteiger partial charge on any atom is 0.126 e. The molecule has 1 heterocycles. The number of nitrogens with one attached hydrogen (secondary N) is 1. The summed E-state index contributed by atoms with van der Waals surface area (Å²) in [5.41, 5.74) is 2.54. The molecule has 0 aliphatic carbocycles. The normalized spacial score (nSPS) is 15.0. The molecule has 0 atom stereocenters. The van der Waals surface area contributed by atoms with Crippen molar-refractivity contribution in [2.75, 3.05) is 12.4 Å². The Bertz CT molecular complexity index is 592. The van der Waals surface area contributed by atoms with Gasteiger partial charge in [-0.1, -0.05) is 25.2 Å². The highest BCUT2D eigenvalue weighted by molar-refractivity contribution is 5.58. The number of anilines is 1. The predicted octanol–water partition coefficient (Wildman–Crippen LogP) is 3.01. The summed E-state index contributed by atoms with van der Waals surface area (Å²) in [6.45, 7) is 8.41. The van der Waals surface area contributed by atoms with Gasteiger partial charge < -0.3 is 5.32 Å². The lowest BCUT2D eigenvalue weighted by Gasteiger charge is -2.03. The van der Waals surface area contributed by atoms with E-state index in [-0.39, 0.29) is 0 Å². The van der Waals surface area contributed by atoms with E-state index in [4.69, 9.17) is 0 Å². The molecule has 0 radical (unpaired) electrons. The molecule has 1 rings (SSSR count). The summed E-state index contributed by atoms with van der Waals surface area (Å²) >= 11 is 0. The van der Waals surface area contributed by atoms with Crippen LogP contribution in [0.2, 0.25) is 0 Å². The van der Waals surface area contributed by atoms with E-state index < -0.39 is 0 Å². The molecule has 102 valence electrons. The molecular formula is C17H24N2. The summed E-state index contributed by atoms with van der Waals surface area (Å²) in [7, 11) is 1.89. The second-order valence-corrected chi connectivity index (χ2v) is 4.42. The van der Waals surface area contributed by atoms with E-state index in [9.17, 15) is 0 Å². The number of rotatable bonds is 4. The Morgan fingerprint density at radius 1 is 1.26 bits per heavy atom. The SMILES string of the molecule is C/C=C(C)/C(/C=c1/cc(NC)nc/c1=C\CC)=C/C. The summed E-state index contributed by atoms with van der Waals surface area (Å²) < 4.78 is 0. The molecule has 19 heavy (non-hydrogen) atoms. The van der Waals surface area contributed by atoms with Crippen molar-refractivity contribution in [3.8, 4) is 0 Å². The topological polar surface area (TPSA) is 24.9 Å². The van der Waals surface area contributed by atoms with Gasteiger partial charge in [0.1, 0.15) is 5.82 Å². The van der Waals surface area contributed by atoms with Crippen LogP contribution in [0.15, 0.2) is 35.6 Å². The molecule has 2 nitrogen and oxygen atoms in total. The van der Waals surface area contributed by atoms with Gasteiger partial charge >= 0.3 is 0 Å². The van der Waals surface area contributed by atoms with Gasteiger partial charge in [0.2, 0.25) is 0 Å². The number of aromatic nitrogens is 1. The third kappa shape index (κ3) is 4.09. The Kier molecular flexibility index (Phi) is 6.07. The van der Waals surface area contributed by atoms with Crippen LogP contribution in [0.25, 0.3) is 12.2 Å². The summed E-state index contributed by atoms with van der Waals surface area (Å²) in [6.07, 6.45) is 11.6. The molecule has 1 aromatic heterocycles. The fourth-order valence-electron chi connectivity index (χ4n) is 1.89. The average Bonchev–Trinajstić information content (AvgIpc) is 2.45. The molecule has 0 bridgehead atoms. The minimum absolute atomic E-state index is 0.896. The molecule has 2 heteroatoms. The molecule has 0 saturated carbocycles. The lowest BCUT2D eigenvalue weighted by Crippen LogP contribution is -2.26. The maximum atomic E-state index is 4.38. The van der Waals surface area contributed by atoms with Crippen LogP contribution in [-0.2, 0) is 0 Å². The van der Waals surface area contributed by atoms with Crippen molar-refractivity contribution < 1.29 is 0 Å². The van der Waals surface area contributed by atoms with Gasteiger partial charge in [-0.05, 0) is 60.9 Å². The van der Waals surface area contributed by atoms with Gasteiger partial charge in [-0.25, -0.2) is 4.98 Å². The molecule has 0 fully saturated rings. The summed E-state index contributed by atoms with van der Waals surface area (Å²) in [5, 5.41) is 5.48. The fraction of sp³-hybridized carbons (Fsp3) is 0.353. The highest BCUT2D eigenvalue weighted by atomic mass is 14.9. The number of allylic oxidation sites excluding steroid dienone is 4. The van der Waals surface area contributed by atoms with Crippen LogP contribution in [0.4, 0.5) is 5.82 Å². The van der Waals surface area contributed by atoms with Crippen LogP contribution in [0, 0.1) is 0 Å². The van der Waals surface area contributed by atoms with Crippen LogP contribution in [0.1, 0.15) is 34.1 Å². The second-order valence-electron chi connectivity index (χ2n) is 4.42. The van der Waals surface area contributed by atoms with Crippen LogP contribution in [0.3, 0.4) is 0 Å². The largest absolute Gasteiger partial charge is 0.373 e. The maximum absolute atomic E-state index is 4.38. The van der Waals surface area contributed by atoms with Gasteiger partial charge in [0, 0.05) is 13.2 Å². The van der Waals surface area contributed by atoms with Gasteiger partial charge in [0.25, 0.3) is 0 Å². The van der Waals surface area contributed by atoms with Gasteiger partial charge in [-0.15, -0.1) is 0 Å². The number of hydrogen-bond donors (Lipinski definition) is 1. The number of hydrogen-bond acceptors (Lipinski definition) is 2. The molecule has 0 spiro atoms. The van der Waals surface area contributed by atoms with Crippen molar-refractivity contribution in [2.24, 2.45) is 0 Å². The molecule has 1 aromatic rings. The van der Waals surface area contributed by atoms with E-state index in [2.05, 4.69) is 68.4 Å². The van der Waals surface area contributed by atoms with E-state index in [1.54, 1.807) is 0 Å². The van der Waals surface area contributed by atoms with Crippen LogP contribution in [0.5, 0.6) is 0 Å². The summed E-state index contributed by atoms with van der Waals surface area (Å²) in [6, 6.07) is 2.09. The monoisotopic (exact) mass is 256 g/mol. The zero-order chi connectivity index (χ0) is 14.3. The molecule has 0 aromatic carbocycles. The van der Waals surface area contributed by atoms with Gasteiger partial charge in [-0.2, -0.15) is 0 Å². The Balaban J connectivity index is 3.50. The highest BCUT2D eigenvalue weighted by Gasteiger charge is 1.96. The predicted molar refractivity (Wildman–Crippen MR) is 85.4 cm³/mol. The molecule has 0 aliphatic rings. The van der Waals surface area contributed by atoms with E-state index >= 15 is 0 Å². The zero-order valence-corrected chi connectivity index (χ0v) is 12.6. The first-order valence-corrected chi connectivity index (χ1v) is 6.81. The fourth-order valence-corrected chi connectivity index (χ4v) is 1.89. The minimum atomic E-state index is 0.896. The lowest BCUT2D eigenvalue weighted by atomic mass is 10.1. The second kappa shape index (κ2) is 7.57. The summed E-state index contributed by atoms with van der Waals surface area (Å²) in [5.74, 6) is 0.896. The molecule has 0 amide bonds. The van der Waals surface area contributed by atoms with E-state index in [0.29, 0.717) is 0 Å². The Labute approximate surface area is 116 Å². The van der Waals surface area contributed by atoms with Gasteiger partial charge in [-0.3, -0.25) is 0 Å². The van der Waals surface area contributed by atoms with Crippen molar-refractivity contribution in [2.45, 2.75) is 34.1 Å². The van der Waals surface area contributed by atoms with Crippen LogP contribution < -0.4 is 15.8 Å². The zero-order valence-electron chi connectivity index (χ0n) is 12.6. The van der Waals surface area contributed by atoms with Crippen LogP contribution in [-0.4, -0.2) is 12.0 Å². The van der Waals surface area contributed by atoms with Crippen molar-refractivity contribution >= 4 is 18.0 Å². The van der Waals surface area contributed by atoms with Crippen LogP contribution >= 0.6 is 0 Å². The van der Waals surface area contributed by atoms with Crippen molar-refractivity contribution in [3.05, 3.63) is 46.0 Å². The first-order valence-electron chi connectivity index (χ1n) is 6.81. The van der Waals surface area contributed by atoms with Gasteiger partial charge in [0.15, 0.2) is 0 Å². The summed E-state index contributed by atoms with van der Waals surface area (Å²) in [4.78, 5) is 4.38. The Morgan fingerprint density at radius 2 is 2.00 bits per heavy atom. The smallest absolute Gasteiger partial charge is 0.126 e.